The van der Waals surface area contributed by atoms with Crippen molar-refractivity contribution in [2.24, 2.45) is 5.73 Å². The summed E-state index contributed by atoms with van der Waals surface area (Å²) in [6.07, 6.45) is 0.983. The Hall–Kier alpha value is -1.06. The molecule has 14 heavy (non-hydrogen) atoms. The minimum Gasteiger partial charge on any atom is -0.366 e. The molecule has 0 aliphatic carbocycles. The number of hydrogen-bond acceptors (Lipinski definition) is 2. The van der Waals surface area contributed by atoms with Crippen molar-refractivity contribution in [3.8, 4) is 0 Å². The van der Waals surface area contributed by atoms with Crippen molar-refractivity contribution in [3.05, 3.63) is 34.9 Å². The highest BCUT2D eigenvalue weighted by Gasteiger charge is 2.14. The molecule has 0 atom stereocenters. The fourth-order valence-electron chi connectivity index (χ4n) is 1.74. The molecule has 0 saturated heterocycles. The maximum Gasteiger partial charge on any atom is 0.249 e. The van der Waals surface area contributed by atoms with Crippen LogP contribution in [-0.2, 0) is 13.0 Å². The number of nitrogens with one attached hydrogen (secondary N) is 1. The summed E-state index contributed by atoms with van der Waals surface area (Å²) in [6, 6.07) is 5.74. The summed E-state index contributed by atoms with van der Waals surface area (Å²) < 4.78 is 0. The van der Waals surface area contributed by atoms with Crippen molar-refractivity contribution < 1.29 is 4.79 Å². The second-order valence-electron chi connectivity index (χ2n) is 3.23. The highest BCUT2D eigenvalue weighted by Crippen LogP contribution is 2.17. The molecule has 3 N–H and O–H groups in total. The second-order valence-corrected chi connectivity index (χ2v) is 3.23. The van der Waals surface area contributed by atoms with E-state index >= 15 is 0 Å². The smallest absolute Gasteiger partial charge is 0.249 e. The van der Waals surface area contributed by atoms with E-state index in [0.29, 0.717) is 5.56 Å². The Morgan fingerprint density at radius 2 is 2.21 bits per heavy atom. The van der Waals surface area contributed by atoms with Crippen LogP contribution in [-0.4, -0.2) is 12.5 Å². The average molecular weight is 213 g/mol. The number of carbonyl (C=O) groups is 1. The topological polar surface area (TPSA) is 55.1 Å². The van der Waals surface area contributed by atoms with Gasteiger partial charge in [0.2, 0.25) is 5.91 Å². The molecule has 1 amide bonds. The SMILES string of the molecule is Cl.NC(=O)c1cccc2c1CNCC2. The van der Waals surface area contributed by atoms with Gasteiger partial charge in [-0.3, -0.25) is 4.79 Å². The Morgan fingerprint density at radius 3 is 2.93 bits per heavy atom. The lowest BCUT2D eigenvalue weighted by Gasteiger charge is -2.18. The number of rotatable bonds is 1. The first-order chi connectivity index (χ1) is 6.29. The fourth-order valence-corrected chi connectivity index (χ4v) is 1.74. The molecule has 1 aliphatic rings. The van der Waals surface area contributed by atoms with Crippen molar-refractivity contribution in [2.45, 2.75) is 13.0 Å². The molecule has 4 heteroatoms. The van der Waals surface area contributed by atoms with Gasteiger partial charge in [-0.25, -0.2) is 0 Å². The van der Waals surface area contributed by atoms with Crippen LogP contribution in [0, 0.1) is 0 Å². The molecule has 0 aromatic heterocycles. The number of amides is 1. The van der Waals surface area contributed by atoms with E-state index < -0.39 is 0 Å². The summed E-state index contributed by atoms with van der Waals surface area (Å²) in [5.41, 5.74) is 8.24. The molecular formula is C10H13ClN2O. The number of fused-ring (bicyclic) bond motifs is 1. The van der Waals surface area contributed by atoms with Crippen LogP contribution in [0.3, 0.4) is 0 Å². The van der Waals surface area contributed by atoms with E-state index in [1.807, 2.05) is 6.07 Å². The molecule has 0 bridgehead atoms. The molecule has 1 aromatic rings. The zero-order valence-corrected chi connectivity index (χ0v) is 8.56. The molecule has 0 spiro atoms. The first-order valence-corrected chi connectivity index (χ1v) is 4.40. The minimum absolute atomic E-state index is 0. The highest BCUT2D eigenvalue weighted by molar-refractivity contribution is 5.94. The van der Waals surface area contributed by atoms with Gasteiger partial charge in [0, 0.05) is 12.1 Å². The molecule has 1 heterocycles. The van der Waals surface area contributed by atoms with E-state index in [1.165, 1.54) is 5.56 Å². The monoisotopic (exact) mass is 212 g/mol. The van der Waals surface area contributed by atoms with Crippen LogP contribution in [0.5, 0.6) is 0 Å². The van der Waals surface area contributed by atoms with Gasteiger partial charge in [0.25, 0.3) is 0 Å². The third kappa shape index (κ3) is 1.89. The lowest BCUT2D eigenvalue weighted by atomic mass is 9.96. The van der Waals surface area contributed by atoms with Gasteiger partial charge in [-0.1, -0.05) is 12.1 Å². The van der Waals surface area contributed by atoms with Crippen LogP contribution in [0.2, 0.25) is 0 Å². The Bertz CT molecular complexity index is 352. The van der Waals surface area contributed by atoms with E-state index in [2.05, 4.69) is 11.4 Å². The van der Waals surface area contributed by atoms with E-state index in [9.17, 15) is 4.79 Å². The third-order valence-electron chi connectivity index (χ3n) is 2.41. The highest BCUT2D eigenvalue weighted by atomic mass is 35.5. The van der Waals surface area contributed by atoms with Crippen molar-refractivity contribution in [1.82, 2.24) is 5.32 Å². The predicted octanol–water partition coefficient (Wildman–Crippen LogP) is 0.853. The quantitative estimate of drug-likeness (QED) is 0.726. The molecule has 0 unspecified atom stereocenters. The molecule has 0 fully saturated rings. The standard InChI is InChI=1S/C10H12N2O.ClH/c11-10(13)8-3-1-2-7-4-5-12-6-9(7)8;/h1-3,12H,4-6H2,(H2,11,13);1H. The zero-order valence-electron chi connectivity index (χ0n) is 7.75. The number of halogens is 1. The molecule has 76 valence electrons. The van der Waals surface area contributed by atoms with E-state index in [-0.39, 0.29) is 18.3 Å². The Morgan fingerprint density at radius 1 is 1.43 bits per heavy atom. The van der Waals surface area contributed by atoms with Crippen LogP contribution in [0.25, 0.3) is 0 Å². The third-order valence-corrected chi connectivity index (χ3v) is 2.41. The second kappa shape index (κ2) is 4.44. The molecule has 2 rings (SSSR count). The van der Waals surface area contributed by atoms with Crippen molar-refractivity contribution in [2.75, 3.05) is 6.54 Å². The average Bonchev–Trinajstić information content (AvgIpc) is 2.17. The van der Waals surface area contributed by atoms with Crippen LogP contribution >= 0.6 is 12.4 Å². The largest absolute Gasteiger partial charge is 0.366 e. The van der Waals surface area contributed by atoms with Gasteiger partial charge in [0.15, 0.2) is 0 Å². The number of benzene rings is 1. The molecular weight excluding hydrogens is 200 g/mol. The lowest BCUT2D eigenvalue weighted by molar-refractivity contribution is 0.0999. The summed E-state index contributed by atoms with van der Waals surface area (Å²) in [7, 11) is 0. The number of primary amides is 1. The number of hydrogen-bond donors (Lipinski definition) is 2. The number of carbonyl (C=O) groups excluding carboxylic acids is 1. The molecule has 0 radical (unpaired) electrons. The van der Waals surface area contributed by atoms with Crippen molar-refractivity contribution in [1.29, 1.82) is 0 Å². The predicted molar refractivity (Wildman–Crippen MR) is 57.6 cm³/mol. The van der Waals surface area contributed by atoms with Crippen molar-refractivity contribution in [3.63, 3.8) is 0 Å². The summed E-state index contributed by atoms with van der Waals surface area (Å²) in [5.74, 6) is -0.333. The van der Waals surface area contributed by atoms with Gasteiger partial charge in [-0.05, 0) is 30.2 Å². The molecule has 3 nitrogen and oxygen atoms in total. The lowest BCUT2D eigenvalue weighted by Crippen LogP contribution is -2.27. The fraction of sp³-hybridized carbons (Fsp3) is 0.300. The first kappa shape index (κ1) is 11.0. The Kier molecular flexibility index (Phi) is 3.49. The van der Waals surface area contributed by atoms with E-state index in [1.54, 1.807) is 6.07 Å². The summed E-state index contributed by atoms with van der Waals surface area (Å²) in [6.45, 7) is 1.74. The molecule has 1 aliphatic heterocycles. The van der Waals surface area contributed by atoms with Crippen LogP contribution < -0.4 is 11.1 Å². The maximum atomic E-state index is 11.1. The Labute approximate surface area is 89.1 Å². The van der Waals surface area contributed by atoms with Gasteiger partial charge >= 0.3 is 0 Å². The van der Waals surface area contributed by atoms with E-state index in [4.69, 9.17) is 5.73 Å². The van der Waals surface area contributed by atoms with Crippen molar-refractivity contribution >= 4 is 18.3 Å². The maximum absolute atomic E-state index is 11.1. The molecule has 1 aromatic carbocycles. The normalized spacial score (nSPS) is 14.0. The van der Waals surface area contributed by atoms with Gasteiger partial charge < -0.3 is 11.1 Å². The van der Waals surface area contributed by atoms with E-state index in [0.717, 1.165) is 25.1 Å². The number of nitrogens with two attached hydrogens (primary N) is 1. The van der Waals surface area contributed by atoms with Gasteiger partial charge in [0.05, 0.1) is 0 Å². The molecule has 0 saturated carbocycles. The summed E-state index contributed by atoms with van der Waals surface area (Å²) in [4.78, 5) is 11.1. The van der Waals surface area contributed by atoms with Crippen LogP contribution in [0.1, 0.15) is 21.5 Å². The summed E-state index contributed by atoms with van der Waals surface area (Å²) >= 11 is 0. The zero-order chi connectivity index (χ0) is 9.26. The van der Waals surface area contributed by atoms with Crippen LogP contribution in [0.15, 0.2) is 18.2 Å². The van der Waals surface area contributed by atoms with Gasteiger partial charge in [-0.15, -0.1) is 12.4 Å². The first-order valence-electron chi connectivity index (χ1n) is 4.40. The van der Waals surface area contributed by atoms with Gasteiger partial charge in [-0.2, -0.15) is 0 Å². The minimum atomic E-state index is -0.333. The van der Waals surface area contributed by atoms with Crippen LogP contribution in [0.4, 0.5) is 0 Å². The Balaban J connectivity index is 0.000000980. The summed E-state index contributed by atoms with van der Waals surface area (Å²) in [5, 5.41) is 3.23. The van der Waals surface area contributed by atoms with Gasteiger partial charge in [0.1, 0.15) is 0 Å².